The Morgan fingerprint density at radius 2 is 1.34 bits per heavy atom. The van der Waals surface area contributed by atoms with Gasteiger partial charge >= 0.3 is 17.9 Å². The molecule has 0 radical (unpaired) electrons. The largest absolute Gasteiger partial charge is 0.480 e. The first-order valence-corrected chi connectivity index (χ1v) is 10.9. The number of rotatable bonds is 10. The van der Waals surface area contributed by atoms with E-state index in [4.69, 9.17) is 12.2 Å². The molecule has 1 aromatic rings. The molecule has 1 aromatic carbocycles. The van der Waals surface area contributed by atoms with Gasteiger partial charge in [-0.05, 0) is 29.3 Å². The lowest BCUT2D eigenvalue weighted by atomic mass is 10.0. The van der Waals surface area contributed by atoms with Crippen molar-refractivity contribution in [3.05, 3.63) is 35.4 Å². The fourth-order valence-corrected chi connectivity index (χ4v) is 4.13. The molecule has 3 N–H and O–H groups in total. The molecular formula is C22H31N3O6S. The molecule has 2 rings (SSSR count). The van der Waals surface area contributed by atoms with Crippen LogP contribution in [0.2, 0.25) is 0 Å². The summed E-state index contributed by atoms with van der Waals surface area (Å²) in [5.74, 6) is -2.92. The number of hydrogen-bond donors (Lipinski definition) is 3. The summed E-state index contributed by atoms with van der Waals surface area (Å²) >= 11 is 5.16. The normalized spacial score (nSPS) is 19.0. The average molecular weight is 466 g/mol. The molecule has 1 atom stereocenters. The van der Waals surface area contributed by atoms with Crippen LogP contribution in [0.1, 0.15) is 18.1 Å². The Kier molecular flexibility index (Phi) is 10.2. The lowest BCUT2D eigenvalue weighted by Gasteiger charge is -2.33. The van der Waals surface area contributed by atoms with Crippen molar-refractivity contribution in [1.29, 1.82) is 0 Å². The van der Waals surface area contributed by atoms with Crippen LogP contribution in [0.15, 0.2) is 24.3 Å². The van der Waals surface area contributed by atoms with Gasteiger partial charge in [-0.25, -0.2) is 0 Å². The molecule has 0 aromatic heterocycles. The van der Waals surface area contributed by atoms with Crippen LogP contribution in [0.3, 0.4) is 0 Å². The highest BCUT2D eigenvalue weighted by atomic mass is 32.1. The lowest BCUT2D eigenvalue weighted by molar-refractivity contribution is -0.140. The Labute approximate surface area is 193 Å². The van der Waals surface area contributed by atoms with Crippen molar-refractivity contribution in [2.45, 2.75) is 25.8 Å². The molecular weight excluding hydrogens is 434 g/mol. The van der Waals surface area contributed by atoms with Crippen LogP contribution in [0.4, 0.5) is 0 Å². The number of carboxylic acid groups (broad SMARTS) is 3. The highest BCUT2D eigenvalue weighted by Crippen LogP contribution is 2.15. The predicted molar refractivity (Wildman–Crippen MR) is 123 cm³/mol. The number of nitrogens with zero attached hydrogens (tertiary/aromatic N) is 3. The van der Waals surface area contributed by atoms with E-state index < -0.39 is 17.9 Å². The Morgan fingerprint density at radius 3 is 1.91 bits per heavy atom. The number of thiocarbonyl (C=S) groups is 1. The molecule has 1 saturated heterocycles. The monoisotopic (exact) mass is 465 g/mol. The van der Waals surface area contributed by atoms with E-state index in [0.717, 1.165) is 22.4 Å². The molecule has 176 valence electrons. The van der Waals surface area contributed by atoms with E-state index in [1.165, 1.54) is 0 Å². The molecule has 1 aliphatic rings. The second-order valence-electron chi connectivity index (χ2n) is 8.22. The molecule has 9 nitrogen and oxygen atoms in total. The van der Waals surface area contributed by atoms with Crippen LogP contribution in [0, 0.1) is 0 Å². The maximum atomic E-state index is 11.5. The zero-order valence-electron chi connectivity index (χ0n) is 18.3. The number of benzene rings is 1. The highest BCUT2D eigenvalue weighted by molar-refractivity contribution is 7.80. The SMILES string of the molecule is CC(=S)Cc1ccc(CC2CN(CC(=O)O)CCN(CC(=O)O)CCN2CC(=O)O)cc1. The van der Waals surface area contributed by atoms with Gasteiger partial charge in [0.1, 0.15) is 0 Å². The van der Waals surface area contributed by atoms with Crippen molar-refractivity contribution in [2.24, 2.45) is 0 Å². The highest BCUT2D eigenvalue weighted by Gasteiger charge is 2.27. The molecule has 1 heterocycles. The van der Waals surface area contributed by atoms with Crippen LogP contribution in [0.25, 0.3) is 0 Å². The first-order valence-electron chi connectivity index (χ1n) is 10.5. The maximum Gasteiger partial charge on any atom is 0.317 e. The lowest BCUT2D eigenvalue weighted by Crippen LogP contribution is -2.49. The molecule has 1 unspecified atom stereocenters. The third kappa shape index (κ3) is 9.39. The van der Waals surface area contributed by atoms with Crippen molar-refractivity contribution in [1.82, 2.24) is 14.7 Å². The number of carbonyl (C=O) groups is 3. The van der Waals surface area contributed by atoms with Crippen LogP contribution in [-0.4, -0.2) is 111 Å². The minimum absolute atomic E-state index is 0.173. The molecule has 1 aliphatic heterocycles. The van der Waals surface area contributed by atoms with Gasteiger partial charge in [-0.3, -0.25) is 29.1 Å². The predicted octanol–water partition coefficient (Wildman–Crippen LogP) is 0.703. The van der Waals surface area contributed by atoms with E-state index in [2.05, 4.69) is 0 Å². The molecule has 0 saturated carbocycles. The minimum atomic E-state index is -0.976. The van der Waals surface area contributed by atoms with Gasteiger partial charge in [0.2, 0.25) is 0 Å². The molecule has 0 amide bonds. The van der Waals surface area contributed by atoms with Crippen LogP contribution in [0.5, 0.6) is 0 Å². The Hall–Kier alpha value is -2.40. The molecule has 0 aliphatic carbocycles. The standard InChI is InChI=1S/C22H31N3O6S/c1-16(32)10-17-2-4-18(5-3-17)11-19-12-24(14-21(28)29)7-6-23(13-20(26)27)8-9-25(19)15-22(30)31/h2-5,19H,6-15H2,1H3,(H,26,27)(H,28,29)(H,30,31). The first kappa shape index (κ1) is 25.9. The van der Waals surface area contributed by atoms with Gasteiger partial charge in [-0.1, -0.05) is 36.5 Å². The van der Waals surface area contributed by atoms with E-state index in [-0.39, 0.29) is 25.7 Å². The Balaban J connectivity index is 2.26. The Morgan fingerprint density at radius 1 is 0.844 bits per heavy atom. The summed E-state index contributed by atoms with van der Waals surface area (Å²) in [6, 6.07) is 7.78. The molecule has 32 heavy (non-hydrogen) atoms. The number of carboxylic acids is 3. The fourth-order valence-electron chi connectivity index (χ4n) is 3.96. The van der Waals surface area contributed by atoms with E-state index in [9.17, 15) is 29.7 Å². The average Bonchev–Trinajstić information content (AvgIpc) is 2.74. The van der Waals surface area contributed by atoms with Crippen LogP contribution in [-0.2, 0) is 27.2 Å². The maximum absolute atomic E-state index is 11.5. The van der Waals surface area contributed by atoms with E-state index in [0.29, 0.717) is 39.1 Å². The summed E-state index contributed by atoms with van der Waals surface area (Å²) in [6.45, 7) is 3.28. The van der Waals surface area contributed by atoms with Gasteiger partial charge in [0.15, 0.2) is 0 Å². The van der Waals surface area contributed by atoms with E-state index >= 15 is 0 Å². The summed E-state index contributed by atoms with van der Waals surface area (Å²) in [6.07, 6.45) is 1.27. The smallest absolute Gasteiger partial charge is 0.317 e. The van der Waals surface area contributed by atoms with E-state index in [1.54, 1.807) is 9.80 Å². The van der Waals surface area contributed by atoms with Gasteiger partial charge in [0.05, 0.1) is 19.6 Å². The summed E-state index contributed by atoms with van der Waals surface area (Å²) < 4.78 is 0. The second kappa shape index (κ2) is 12.6. The summed E-state index contributed by atoms with van der Waals surface area (Å²) in [7, 11) is 0. The summed E-state index contributed by atoms with van der Waals surface area (Å²) in [4.78, 5) is 40.3. The molecule has 10 heteroatoms. The van der Waals surface area contributed by atoms with Gasteiger partial charge in [0, 0.05) is 45.2 Å². The second-order valence-corrected chi connectivity index (χ2v) is 8.91. The van der Waals surface area contributed by atoms with Crippen molar-refractivity contribution in [3.63, 3.8) is 0 Å². The summed E-state index contributed by atoms with van der Waals surface area (Å²) in [5.41, 5.74) is 2.13. The van der Waals surface area contributed by atoms with Crippen LogP contribution >= 0.6 is 12.2 Å². The fraction of sp³-hybridized carbons (Fsp3) is 0.545. The third-order valence-electron chi connectivity index (χ3n) is 5.42. The van der Waals surface area contributed by atoms with Crippen molar-refractivity contribution >= 4 is 35.0 Å². The first-order chi connectivity index (χ1) is 15.1. The quantitative estimate of drug-likeness (QED) is 0.426. The zero-order valence-corrected chi connectivity index (χ0v) is 19.1. The summed E-state index contributed by atoms with van der Waals surface area (Å²) in [5, 5.41) is 28.0. The minimum Gasteiger partial charge on any atom is -0.480 e. The van der Waals surface area contributed by atoms with E-state index in [1.807, 2.05) is 36.1 Å². The van der Waals surface area contributed by atoms with Gasteiger partial charge in [-0.2, -0.15) is 0 Å². The molecule has 0 spiro atoms. The topological polar surface area (TPSA) is 122 Å². The van der Waals surface area contributed by atoms with Gasteiger partial charge in [-0.15, -0.1) is 0 Å². The van der Waals surface area contributed by atoms with Crippen molar-refractivity contribution in [3.8, 4) is 0 Å². The molecule has 1 fully saturated rings. The number of hydrogen-bond acceptors (Lipinski definition) is 7. The Bertz CT molecular complexity index is 816. The zero-order chi connectivity index (χ0) is 23.7. The van der Waals surface area contributed by atoms with Crippen LogP contribution < -0.4 is 0 Å². The van der Waals surface area contributed by atoms with Gasteiger partial charge < -0.3 is 15.3 Å². The third-order valence-corrected chi connectivity index (χ3v) is 5.57. The van der Waals surface area contributed by atoms with Crippen molar-refractivity contribution < 1.29 is 29.7 Å². The van der Waals surface area contributed by atoms with Gasteiger partial charge in [0.25, 0.3) is 0 Å². The molecule has 0 bridgehead atoms. The number of aliphatic carboxylic acids is 3. The van der Waals surface area contributed by atoms with Crippen molar-refractivity contribution in [2.75, 3.05) is 52.4 Å².